The van der Waals surface area contributed by atoms with Gasteiger partial charge in [-0.05, 0) is 20.3 Å². The Morgan fingerprint density at radius 3 is 2.85 bits per heavy atom. The molecule has 1 aliphatic rings. The van der Waals surface area contributed by atoms with Crippen LogP contribution in [0.4, 0.5) is 0 Å². The highest BCUT2D eigenvalue weighted by Gasteiger charge is 2.31. The van der Waals surface area contributed by atoms with Crippen LogP contribution in [0.25, 0.3) is 0 Å². The second kappa shape index (κ2) is 4.64. The van der Waals surface area contributed by atoms with Gasteiger partial charge in [0.15, 0.2) is 0 Å². The third-order valence-corrected chi connectivity index (χ3v) is 2.04. The quantitative estimate of drug-likeness (QED) is 0.602. The van der Waals surface area contributed by atoms with Crippen molar-refractivity contribution in [3.05, 3.63) is 0 Å². The van der Waals surface area contributed by atoms with Gasteiger partial charge in [0, 0.05) is 6.00 Å². The van der Waals surface area contributed by atoms with Crippen molar-refractivity contribution in [1.82, 2.24) is 0 Å². The van der Waals surface area contributed by atoms with E-state index in [1.165, 1.54) is 0 Å². The summed E-state index contributed by atoms with van der Waals surface area (Å²) < 4.78 is 10.7. The fraction of sp³-hybridized carbons (Fsp3) is 0.889. The normalized spacial score (nSPS) is 33.5. The summed E-state index contributed by atoms with van der Waals surface area (Å²) in [5, 5.41) is 8.68. The number of hydrogen-bond donors (Lipinski definition) is 0. The van der Waals surface area contributed by atoms with Gasteiger partial charge in [0.25, 0.3) is 0 Å². The van der Waals surface area contributed by atoms with Crippen molar-refractivity contribution in [2.75, 3.05) is 6.61 Å². The molecule has 1 rings (SSSR count). The fourth-order valence-corrected chi connectivity index (χ4v) is 1.32. The van der Waals surface area contributed by atoms with Crippen molar-refractivity contribution in [2.45, 2.75) is 38.5 Å². The average Bonchev–Trinajstić information content (AvgIpc) is 2.43. The molecule has 4 heteroatoms. The molecule has 0 amide bonds. The molecule has 0 unspecified atom stereocenters. The maximum Gasteiger partial charge on any atom is 0.110 e. The van der Waals surface area contributed by atoms with E-state index in [2.05, 4.69) is 6.07 Å². The van der Waals surface area contributed by atoms with Gasteiger partial charge in [0.2, 0.25) is 0 Å². The van der Waals surface area contributed by atoms with E-state index in [1.807, 2.05) is 13.8 Å². The van der Waals surface area contributed by atoms with Gasteiger partial charge in [-0.3, -0.25) is 0 Å². The van der Waals surface area contributed by atoms with Gasteiger partial charge in [-0.2, -0.15) is 5.26 Å². The molecular formula is C9H14BNO2. The highest BCUT2D eigenvalue weighted by atomic mass is 16.5. The van der Waals surface area contributed by atoms with Crippen LogP contribution in [-0.2, 0) is 9.47 Å². The van der Waals surface area contributed by atoms with E-state index in [-0.39, 0.29) is 18.1 Å². The number of nitrogens with zero attached hydrogens (tertiary/aromatic N) is 1. The number of ether oxygens (including phenoxy) is 2. The van der Waals surface area contributed by atoms with E-state index in [0.29, 0.717) is 13.0 Å². The van der Waals surface area contributed by atoms with Crippen molar-refractivity contribution < 1.29 is 9.47 Å². The first-order valence-electron chi connectivity index (χ1n) is 4.55. The lowest BCUT2D eigenvalue weighted by Crippen LogP contribution is -2.19. The van der Waals surface area contributed by atoms with E-state index in [1.54, 1.807) is 0 Å². The average molecular weight is 179 g/mol. The van der Waals surface area contributed by atoms with E-state index < -0.39 is 6.00 Å². The molecule has 1 heterocycles. The Hall–Kier alpha value is -0.525. The van der Waals surface area contributed by atoms with Crippen molar-refractivity contribution in [2.24, 2.45) is 5.92 Å². The van der Waals surface area contributed by atoms with Gasteiger partial charge in [-0.1, -0.05) is 0 Å². The first kappa shape index (κ1) is 10.6. The number of nitriles is 1. The van der Waals surface area contributed by atoms with Gasteiger partial charge in [-0.15, -0.1) is 0 Å². The molecule has 13 heavy (non-hydrogen) atoms. The zero-order valence-corrected chi connectivity index (χ0v) is 8.06. The van der Waals surface area contributed by atoms with E-state index >= 15 is 0 Å². The number of hydrogen-bond acceptors (Lipinski definition) is 3. The van der Waals surface area contributed by atoms with Crippen LogP contribution in [0.2, 0.25) is 0 Å². The Bertz CT molecular complexity index is 202. The zero-order valence-electron chi connectivity index (χ0n) is 8.06. The monoisotopic (exact) mass is 179 g/mol. The van der Waals surface area contributed by atoms with Gasteiger partial charge < -0.3 is 9.47 Å². The smallest absolute Gasteiger partial charge is 0.110 e. The van der Waals surface area contributed by atoms with Gasteiger partial charge >= 0.3 is 0 Å². The molecule has 1 fully saturated rings. The Morgan fingerprint density at radius 2 is 2.38 bits per heavy atom. The molecule has 1 aliphatic heterocycles. The molecule has 0 aromatic rings. The molecular weight excluding hydrogens is 165 g/mol. The summed E-state index contributed by atoms with van der Waals surface area (Å²) in [5.41, 5.74) is 0. The van der Waals surface area contributed by atoms with E-state index in [4.69, 9.17) is 22.6 Å². The Morgan fingerprint density at radius 1 is 1.69 bits per heavy atom. The fourth-order valence-electron chi connectivity index (χ4n) is 1.32. The van der Waals surface area contributed by atoms with Crippen LogP contribution < -0.4 is 0 Å². The minimum Gasteiger partial charge on any atom is -0.381 e. The summed E-state index contributed by atoms with van der Waals surface area (Å²) in [6, 6.07) is 1.69. The Kier molecular flexibility index (Phi) is 3.77. The molecule has 0 aromatic carbocycles. The second-order valence-corrected chi connectivity index (χ2v) is 3.58. The third kappa shape index (κ3) is 3.02. The molecule has 0 saturated carbocycles. The lowest BCUT2D eigenvalue weighted by atomic mass is 9.87. The molecule has 0 N–H and O–H groups in total. The maximum absolute atomic E-state index is 8.68. The van der Waals surface area contributed by atoms with Crippen LogP contribution in [0.5, 0.6) is 0 Å². The van der Waals surface area contributed by atoms with Gasteiger partial charge in [0.05, 0.1) is 30.8 Å². The summed E-state index contributed by atoms with van der Waals surface area (Å²) in [5.74, 6) is -0.180. The molecule has 0 aromatic heterocycles. The highest BCUT2D eigenvalue weighted by molar-refractivity contribution is 6.11. The van der Waals surface area contributed by atoms with Crippen molar-refractivity contribution in [3.8, 4) is 6.07 Å². The maximum atomic E-state index is 8.68. The van der Waals surface area contributed by atoms with Crippen molar-refractivity contribution in [1.29, 1.82) is 5.26 Å². The highest BCUT2D eigenvalue weighted by Crippen LogP contribution is 2.24. The lowest BCUT2D eigenvalue weighted by molar-refractivity contribution is -0.0160. The minimum absolute atomic E-state index is 0.0120. The molecule has 0 bridgehead atoms. The molecule has 0 aliphatic carbocycles. The predicted octanol–water partition coefficient (Wildman–Crippen LogP) is 0.835. The summed E-state index contributed by atoms with van der Waals surface area (Å²) in [4.78, 5) is 0. The van der Waals surface area contributed by atoms with Crippen LogP contribution in [0.15, 0.2) is 0 Å². The zero-order chi connectivity index (χ0) is 9.84. The van der Waals surface area contributed by atoms with Crippen LogP contribution >= 0.6 is 0 Å². The van der Waals surface area contributed by atoms with Gasteiger partial charge in [-0.25, -0.2) is 0 Å². The lowest BCUT2D eigenvalue weighted by Gasteiger charge is -2.13. The Labute approximate surface area is 80.4 Å². The third-order valence-electron chi connectivity index (χ3n) is 2.04. The molecule has 3 nitrogen and oxygen atoms in total. The standard InChI is InChI=1S/C9H14BNO2/c1-6(2)12-5-8-3-7(4-11)9(10)13-8/h6-9H,3,5H2,1-2H3/t7-,8+,9-/m1/s1. The van der Waals surface area contributed by atoms with Crippen LogP contribution in [0.3, 0.4) is 0 Å². The van der Waals surface area contributed by atoms with Gasteiger partial charge in [0.1, 0.15) is 7.85 Å². The minimum atomic E-state index is -0.439. The van der Waals surface area contributed by atoms with Crippen molar-refractivity contribution >= 4 is 7.85 Å². The topological polar surface area (TPSA) is 42.2 Å². The molecule has 0 spiro atoms. The molecule has 3 atom stereocenters. The molecule has 2 radical (unpaired) electrons. The Balaban J connectivity index is 2.28. The summed E-state index contributed by atoms with van der Waals surface area (Å²) in [6.45, 7) is 4.47. The summed E-state index contributed by atoms with van der Waals surface area (Å²) in [7, 11) is 5.59. The predicted molar refractivity (Wildman–Crippen MR) is 49.2 cm³/mol. The van der Waals surface area contributed by atoms with Crippen LogP contribution in [0, 0.1) is 17.2 Å². The molecule has 70 valence electrons. The molecule has 1 saturated heterocycles. The van der Waals surface area contributed by atoms with Crippen molar-refractivity contribution in [3.63, 3.8) is 0 Å². The van der Waals surface area contributed by atoms with E-state index in [9.17, 15) is 0 Å². The first-order valence-corrected chi connectivity index (χ1v) is 4.55. The largest absolute Gasteiger partial charge is 0.381 e. The van der Waals surface area contributed by atoms with E-state index in [0.717, 1.165) is 0 Å². The first-order chi connectivity index (χ1) is 6.13. The number of rotatable bonds is 3. The SMILES string of the molecule is [B][C@@H]1O[C@H](COC(C)C)C[C@@H]1C#N. The summed E-state index contributed by atoms with van der Waals surface area (Å²) >= 11 is 0. The van der Waals surface area contributed by atoms with Crippen LogP contribution in [-0.4, -0.2) is 32.7 Å². The summed E-state index contributed by atoms with van der Waals surface area (Å²) in [6.07, 6.45) is 0.868. The second-order valence-electron chi connectivity index (χ2n) is 3.58. The van der Waals surface area contributed by atoms with Crippen LogP contribution in [0.1, 0.15) is 20.3 Å².